The lowest BCUT2D eigenvalue weighted by Gasteiger charge is -2.37. The Balaban J connectivity index is 1.59. The lowest BCUT2D eigenvalue weighted by Crippen LogP contribution is -2.49. The molecule has 2 saturated heterocycles. The average Bonchev–Trinajstić information content (AvgIpc) is 3.09. The van der Waals surface area contributed by atoms with E-state index in [4.69, 9.17) is 4.74 Å². The molecule has 0 bridgehead atoms. The molecule has 2 aliphatic heterocycles. The molecule has 1 unspecified atom stereocenters. The summed E-state index contributed by atoms with van der Waals surface area (Å²) in [4.78, 5) is 42.2. The summed E-state index contributed by atoms with van der Waals surface area (Å²) in [6.45, 7) is 9.37. The van der Waals surface area contributed by atoms with E-state index in [0.29, 0.717) is 13.2 Å². The number of hydrogen-bond donors (Lipinski definition) is 0. The maximum Gasteiger partial charge on any atom is 0.311 e. The van der Waals surface area contributed by atoms with Crippen LogP contribution in [0.1, 0.15) is 27.2 Å². The van der Waals surface area contributed by atoms with Gasteiger partial charge in [0.15, 0.2) is 0 Å². The average molecular weight is 387 g/mol. The topological polar surface area (TPSA) is 70.2 Å². The second-order valence-corrected chi connectivity index (χ2v) is 7.64. The molecule has 0 radical (unpaired) electrons. The van der Waals surface area contributed by atoms with Crippen LogP contribution in [0.4, 0.5) is 11.4 Å². The molecule has 152 valence electrons. The quantitative estimate of drug-likeness (QED) is 0.722. The summed E-state index contributed by atoms with van der Waals surface area (Å²) in [5.41, 5.74) is 1.88. The molecule has 0 N–H and O–H groups in total. The molecule has 1 aromatic rings. The number of carbonyl (C=O) groups is 3. The van der Waals surface area contributed by atoms with Gasteiger partial charge >= 0.3 is 5.97 Å². The van der Waals surface area contributed by atoms with E-state index >= 15 is 0 Å². The number of nitrogens with zero attached hydrogens (tertiary/aromatic N) is 3. The Labute approximate surface area is 166 Å². The van der Waals surface area contributed by atoms with E-state index in [0.717, 1.165) is 37.6 Å². The molecule has 1 atom stereocenters. The second-order valence-electron chi connectivity index (χ2n) is 7.64. The van der Waals surface area contributed by atoms with Crippen LogP contribution in [0.3, 0.4) is 0 Å². The van der Waals surface area contributed by atoms with E-state index in [2.05, 4.69) is 4.90 Å². The summed E-state index contributed by atoms with van der Waals surface area (Å²) < 4.78 is 5.04. The van der Waals surface area contributed by atoms with Crippen LogP contribution in [0.15, 0.2) is 24.3 Å². The van der Waals surface area contributed by atoms with E-state index in [-0.39, 0.29) is 30.1 Å². The number of benzene rings is 1. The molecule has 0 aliphatic carbocycles. The molecule has 2 heterocycles. The summed E-state index contributed by atoms with van der Waals surface area (Å²) in [5, 5.41) is 0. The van der Waals surface area contributed by atoms with E-state index in [1.54, 1.807) is 11.8 Å². The van der Waals surface area contributed by atoms with Crippen molar-refractivity contribution in [3.63, 3.8) is 0 Å². The maximum atomic E-state index is 12.3. The smallest absolute Gasteiger partial charge is 0.311 e. The van der Waals surface area contributed by atoms with Crippen LogP contribution < -0.4 is 9.80 Å². The minimum absolute atomic E-state index is 0.0299. The molecule has 2 fully saturated rings. The van der Waals surface area contributed by atoms with Gasteiger partial charge in [0.25, 0.3) is 0 Å². The van der Waals surface area contributed by atoms with Gasteiger partial charge in [-0.3, -0.25) is 14.4 Å². The van der Waals surface area contributed by atoms with Crippen molar-refractivity contribution < 1.29 is 19.1 Å². The molecule has 2 amide bonds. The fourth-order valence-electron chi connectivity index (χ4n) is 3.77. The zero-order chi connectivity index (χ0) is 20.3. The van der Waals surface area contributed by atoms with E-state index in [1.165, 1.54) is 0 Å². The first-order chi connectivity index (χ1) is 13.4. The van der Waals surface area contributed by atoms with Gasteiger partial charge in [0.1, 0.15) is 0 Å². The van der Waals surface area contributed by atoms with Gasteiger partial charge in [0, 0.05) is 56.4 Å². The monoisotopic (exact) mass is 387 g/mol. The minimum Gasteiger partial charge on any atom is -0.466 e. The first-order valence-corrected chi connectivity index (χ1v) is 10.0. The molecular formula is C21H29N3O4. The van der Waals surface area contributed by atoms with Gasteiger partial charge in [-0.25, -0.2) is 0 Å². The summed E-state index contributed by atoms with van der Waals surface area (Å²) in [5.74, 6) is -0.505. The van der Waals surface area contributed by atoms with Gasteiger partial charge in [-0.05, 0) is 31.2 Å². The Kier molecular flexibility index (Phi) is 6.21. The van der Waals surface area contributed by atoms with Gasteiger partial charge in [-0.2, -0.15) is 0 Å². The number of hydrogen-bond acceptors (Lipinski definition) is 5. The highest BCUT2D eigenvalue weighted by Gasteiger charge is 2.36. The Morgan fingerprint density at radius 1 is 1.07 bits per heavy atom. The molecule has 7 heteroatoms. The van der Waals surface area contributed by atoms with Crippen molar-refractivity contribution in [2.75, 3.05) is 49.1 Å². The van der Waals surface area contributed by atoms with Gasteiger partial charge < -0.3 is 19.4 Å². The van der Waals surface area contributed by atoms with E-state index in [1.807, 2.05) is 43.0 Å². The minimum atomic E-state index is -0.390. The third-order valence-corrected chi connectivity index (χ3v) is 5.36. The summed E-state index contributed by atoms with van der Waals surface area (Å²) in [6.07, 6.45) is 0.201. The first-order valence-electron chi connectivity index (χ1n) is 10.0. The number of piperazine rings is 1. The lowest BCUT2D eigenvalue weighted by molar-refractivity contribution is -0.147. The number of rotatable bonds is 5. The molecule has 0 aromatic heterocycles. The third-order valence-electron chi connectivity index (χ3n) is 5.36. The summed E-state index contributed by atoms with van der Waals surface area (Å²) in [7, 11) is 0. The van der Waals surface area contributed by atoms with Gasteiger partial charge in [-0.15, -0.1) is 0 Å². The van der Waals surface area contributed by atoms with E-state index < -0.39 is 5.92 Å². The van der Waals surface area contributed by atoms with Crippen molar-refractivity contribution in [1.29, 1.82) is 0 Å². The fraction of sp³-hybridized carbons (Fsp3) is 0.571. The van der Waals surface area contributed by atoms with Crippen LogP contribution in [-0.4, -0.2) is 62.0 Å². The summed E-state index contributed by atoms with van der Waals surface area (Å²) in [6, 6.07) is 7.85. The number of anilines is 2. The third kappa shape index (κ3) is 4.29. The molecular weight excluding hydrogens is 358 g/mol. The van der Waals surface area contributed by atoms with Crippen LogP contribution in [0, 0.1) is 11.8 Å². The van der Waals surface area contributed by atoms with Crippen molar-refractivity contribution in [2.45, 2.75) is 27.2 Å². The Hall–Kier alpha value is -2.57. The Morgan fingerprint density at radius 2 is 1.68 bits per heavy atom. The SMILES string of the molecule is CCOC(=O)C1CC(=O)N(c2ccc(N3CCN(C(=O)C(C)C)CC3)cc2)C1. The van der Waals surface area contributed by atoms with Gasteiger partial charge in [-0.1, -0.05) is 13.8 Å². The largest absolute Gasteiger partial charge is 0.466 e. The van der Waals surface area contributed by atoms with Gasteiger partial charge in [0.05, 0.1) is 12.5 Å². The van der Waals surface area contributed by atoms with E-state index in [9.17, 15) is 14.4 Å². The Morgan fingerprint density at radius 3 is 2.25 bits per heavy atom. The zero-order valence-electron chi connectivity index (χ0n) is 16.9. The number of ether oxygens (including phenoxy) is 1. The number of esters is 1. The van der Waals surface area contributed by atoms with Crippen LogP contribution in [0.25, 0.3) is 0 Å². The van der Waals surface area contributed by atoms with Crippen molar-refractivity contribution in [2.24, 2.45) is 11.8 Å². The predicted molar refractivity (Wildman–Crippen MR) is 107 cm³/mol. The van der Waals surface area contributed by atoms with Crippen molar-refractivity contribution >= 4 is 29.2 Å². The lowest BCUT2D eigenvalue weighted by atomic mass is 10.1. The van der Waals surface area contributed by atoms with Crippen molar-refractivity contribution in [1.82, 2.24) is 4.90 Å². The van der Waals surface area contributed by atoms with Crippen LogP contribution in [0.5, 0.6) is 0 Å². The molecule has 1 aromatic carbocycles. The van der Waals surface area contributed by atoms with Crippen LogP contribution in [0.2, 0.25) is 0 Å². The highest BCUT2D eigenvalue weighted by molar-refractivity contribution is 5.99. The summed E-state index contributed by atoms with van der Waals surface area (Å²) >= 11 is 0. The first kappa shape index (κ1) is 20.2. The standard InChI is InChI=1S/C21H29N3O4/c1-4-28-21(27)16-13-19(25)24(14-16)18-7-5-17(6-8-18)22-9-11-23(12-10-22)20(26)15(2)3/h5-8,15-16H,4,9-14H2,1-3H3. The maximum absolute atomic E-state index is 12.3. The van der Waals surface area contributed by atoms with Crippen molar-refractivity contribution in [3.8, 4) is 0 Å². The van der Waals surface area contributed by atoms with Crippen LogP contribution >= 0.6 is 0 Å². The Bertz CT molecular complexity index is 724. The van der Waals surface area contributed by atoms with Crippen LogP contribution in [-0.2, 0) is 19.1 Å². The highest BCUT2D eigenvalue weighted by Crippen LogP contribution is 2.28. The van der Waals surface area contributed by atoms with Gasteiger partial charge in [0.2, 0.25) is 11.8 Å². The molecule has 28 heavy (non-hydrogen) atoms. The highest BCUT2D eigenvalue weighted by atomic mass is 16.5. The normalized spacial score (nSPS) is 20.1. The fourth-order valence-corrected chi connectivity index (χ4v) is 3.77. The zero-order valence-corrected chi connectivity index (χ0v) is 16.9. The van der Waals surface area contributed by atoms with Crippen molar-refractivity contribution in [3.05, 3.63) is 24.3 Å². The molecule has 3 rings (SSSR count). The second kappa shape index (κ2) is 8.63. The molecule has 2 aliphatic rings. The molecule has 7 nitrogen and oxygen atoms in total. The predicted octanol–water partition coefficient (Wildman–Crippen LogP) is 1.91. The molecule has 0 saturated carbocycles. The number of carbonyl (C=O) groups excluding carboxylic acids is 3. The number of amides is 2. The molecule has 0 spiro atoms.